The van der Waals surface area contributed by atoms with Crippen LogP contribution in [0.2, 0.25) is 0 Å². The number of hydrogen-bond donors (Lipinski definition) is 2. The summed E-state index contributed by atoms with van der Waals surface area (Å²) >= 11 is 0. The average Bonchev–Trinajstić information content (AvgIpc) is 2.94. The molecule has 1 amide bonds. The molecule has 0 atom stereocenters. The third kappa shape index (κ3) is 2.55. The molecule has 0 spiro atoms. The van der Waals surface area contributed by atoms with Crippen molar-refractivity contribution in [3.63, 3.8) is 0 Å². The molecule has 0 radical (unpaired) electrons. The number of anilines is 1. The number of alkyl halides is 3. The molecular formula is C16H11F3N2O. The summed E-state index contributed by atoms with van der Waals surface area (Å²) in [6, 6.07) is 11.7. The molecule has 1 heterocycles. The highest BCUT2D eigenvalue weighted by atomic mass is 19.4. The van der Waals surface area contributed by atoms with E-state index in [0.717, 1.165) is 11.5 Å². The molecular weight excluding hydrogens is 293 g/mol. The van der Waals surface area contributed by atoms with Crippen molar-refractivity contribution in [1.29, 1.82) is 0 Å². The topological polar surface area (TPSA) is 44.9 Å². The van der Waals surface area contributed by atoms with E-state index in [1.54, 1.807) is 24.4 Å². The molecule has 0 saturated heterocycles. The minimum atomic E-state index is -4.53. The Morgan fingerprint density at radius 1 is 1.00 bits per heavy atom. The van der Waals surface area contributed by atoms with Gasteiger partial charge in [-0.15, -0.1) is 0 Å². The number of hydrogen-bond acceptors (Lipinski definition) is 1. The van der Waals surface area contributed by atoms with Crippen molar-refractivity contribution in [2.45, 2.75) is 6.18 Å². The van der Waals surface area contributed by atoms with Gasteiger partial charge in [-0.05, 0) is 24.3 Å². The van der Waals surface area contributed by atoms with Gasteiger partial charge in [-0.3, -0.25) is 4.79 Å². The van der Waals surface area contributed by atoms with Crippen LogP contribution in [0.5, 0.6) is 0 Å². The first kappa shape index (κ1) is 14.2. The fourth-order valence-electron chi connectivity index (χ4n) is 2.30. The van der Waals surface area contributed by atoms with Crippen LogP contribution < -0.4 is 5.32 Å². The Bertz CT molecular complexity index is 837. The van der Waals surface area contributed by atoms with Crippen molar-refractivity contribution in [2.75, 3.05) is 5.32 Å². The number of aromatic nitrogens is 1. The molecule has 3 nitrogen and oxygen atoms in total. The molecule has 22 heavy (non-hydrogen) atoms. The quantitative estimate of drug-likeness (QED) is 0.722. The average molecular weight is 304 g/mol. The molecule has 0 unspecified atom stereocenters. The van der Waals surface area contributed by atoms with E-state index in [-0.39, 0.29) is 5.69 Å². The zero-order valence-electron chi connectivity index (χ0n) is 11.2. The van der Waals surface area contributed by atoms with Gasteiger partial charge in [0.15, 0.2) is 0 Å². The maximum absolute atomic E-state index is 12.9. The van der Waals surface area contributed by atoms with E-state index in [1.165, 1.54) is 18.2 Å². The first-order valence-corrected chi connectivity index (χ1v) is 6.50. The molecule has 0 fully saturated rings. The van der Waals surface area contributed by atoms with Crippen LogP contribution in [0.4, 0.5) is 18.9 Å². The third-order valence-corrected chi connectivity index (χ3v) is 3.31. The minimum absolute atomic E-state index is 0.261. The maximum Gasteiger partial charge on any atom is 0.418 e. The van der Waals surface area contributed by atoms with E-state index in [4.69, 9.17) is 0 Å². The number of fused-ring (bicyclic) bond motifs is 1. The number of rotatable bonds is 2. The molecule has 3 rings (SSSR count). The normalized spacial score (nSPS) is 11.6. The van der Waals surface area contributed by atoms with Gasteiger partial charge in [-0.2, -0.15) is 13.2 Å². The summed E-state index contributed by atoms with van der Waals surface area (Å²) in [5, 5.41) is 3.15. The summed E-state index contributed by atoms with van der Waals surface area (Å²) in [6.07, 6.45) is -2.85. The van der Waals surface area contributed by atoms with E-state index < -0.39 is 17.6 Å². The molecule has 1 aromatic heterocycles. The van der Waals surface area contributed by atoms with Gasteiger partial charge in [0.05, 0.1) is 22.3 Å². The maximum atomic E-state index is 12.9. The van der Waals surface area contributed by atoms with Gasteiger partial charge in [-0.25, -0.2) is 0 Å². The number of benzene rings is 2. The van der Waals surface area contributed by atoms with Crippen LogP contribution in [-0.2, 0) is 6.18 Å². The number of para-hydroxylation sites is 2. The Morgan fingerprint density at radius 3 is 2.55 bits per heavy atom. The predicted octanol–water partition coefficient (Wildman–Crippen LogP) is 4.44. The summed E-state index contributed by atoms with van der Waals surface area (Å²) in [4.78, 5) is 15.2. The molecule has 2 N–H and O–H groups in total. The second-order valence-electron chi connectivity index (χ2n) is 4.74. The largest absolute Gasteiger partial charge is 0.418 e. The second-order valence-corrected chi connectivity index (χ2v) is 4.74. The Hall–Kier alpha value is -2.76. The number of nitrogens with one attached hydrogen (secondary N) is 2. The lowest BCUT2D eigenvalue weighted by Crippen LogP contribution is -2.16. The highest BCUT2D eigenvalue weighted by Gasteiger charge is 2.33. The van der Waals surface area contributed by atoms with E-state index >= 15 is 0 Å². The van der Waals surface area contributed by atoms with Crippen molar-refractivity contribution in [3.05, 3.63) is 65.9 Å². The molecule has 0 aliphatic rings. The Morgan fingerprint density at radius 2 is 1.77 bits per heavy atom. The lowest BCUT2D eigenvalue weighted by molar-refractivity contribution is -0.136. The second kappa shape index (κ2) is 5.22. The van der Waals surface area contributed by atoms with E-state index in [0.29, 0.717) is 11.1 Å². The molecule has 0 aliphatic carbocycles. The lowest BCUT2D eigenvalue weighted by atomic mass is 10.1. The van der Waals surface area contributed by atoms with Gasteiger partial charge in [0, 0.05) is 11.6 Å². The number of carbonyl (C=O) groups excluding carboxylic acids is 1. The third-order valence-electron chi connectivity index (χ3n) is 3.31. The number of halogens is 3. The van der Waals surface area contributed by atoms with Crippen LogP contribution >= 0.6 is 0 Å². The smallest absolute Gasteiger partial charge is 0.361 e. The molecule has 2 aromatic carbocycles. The van der Waals surface area contributed by atoms with Gasteiger partial charge in [-0.1, -0.05) is 24.3 Å². The van der Waals surface area contributed by atoms with E-state index in [1.807, 2.05) is 6.07 Å². The standard InChI is InChI=1S/C16H11F3N2O/c17-16(18,19)12-6-1-2-7-13(12)21-15(22)11-5-3-4-10-8-9-20-14(10)11/h1-9,20H,(H,21,22). The fourth-order valence-corrected chi connectivity index (χ4v) is 2.30. The Kier molecular flexibility index (Phi) is 3.36. The first-order chi connectivity index (χ1) is 10.5. The van der Waals surface area contributed by atoms with Crippen LogP contribution in [0.25, 0.3) is 10.9 Å². The lowest BCUT2D eigenvalue weighted by Gasteiger charge is -2.13. The van der Waals surface area contributed by atoms with Gasteiger partial charge in [0.1, 0.15) is 0 Å². The molecule has 3 aromatic rings. The van der Waals surface area contributed by atoms with Crippen LogP contribution in [-0.4, -0.2) is 10.9 Å². The number of H-pyrrole nitrogens is 1. The van der Waals surface area contributed by atoms with Gasteiger partial charge < -0.3 is 10.3 Å². The number of amides is 1. The summed E-state index contributed by atoms with van der Waals surface area (Å²) in [7, 11) is 0. The molecule has 0 aliphatic heterocycles. The van der Waals surface area contributed by atoms with Crippen molar-refractivity contribution in [2.24, 2.45) is 0 Å². The summed E-state index contributed by atoms with van der Waals surface area (Å²) in [5.41, 5.74) is -0.255. The van der Waals surface area contributed by atoms with Crippen molar-refractivity contribution >= 4 is 22.5 Å². The van der Waals surface area contributed by atoms with E-state index in [2.05, 4.69) is 10.3 Å². The van der Waals surface area contributed by atoms with Crippen LogP contribution in [0.15, 0.2) is 54.7 Å². The van der Waals surface area contributed by atoms with Gasteiger partial charge in [0.2, 0.25) is 0 Å². The SMILES string of the molecule is O=C(Nc1ccccc1C(F)(F)F)c1cccc2cc[nH]c12. The van der Waals surface area contributed by atoms with Gasteiger partial charge >= 0.3 is 6.18 Å². The zero-order chi connectivity index (χ0) is 15.7. The molecule has 0 bridgehead atoms. The first-order valence-electron chi connectivity index (χ1n) is 6.50. The molecule has 112 valence electrons. The zero-order valence-corrected chi connectivity index (χ0v) is 11.2. The Balaban J connectivity index is 1.97. The minimum Gasteiger partial charge on any atom is -0.361 e. The fraction of sp³-hybridized carbons (Fsp3) is 0.0625. The predicted molar refractivity (Wildman–Crippen MR) is 77.7 cm³/mol. The van der Waals surface area contributed by atoms with Crippen molar-refractivity contribution < 1.29 is 18.0 Å². The summed E-state index contributed by atoms with van der Waals surface area (Å²) in [5.74, 6) is -0.593. The van der Waals surface area contributed by atoms with Crippen LogP contribution in [0.3, 0.4) is 0 Å². The highest BCUT2D eigenvalue weighted by Crippen LogP contribution is 2.34. The van der Waals surface area contributed by atoms with Gasteiger partial charge in [0.25, 0.3) is 5.91 Å². The number of aromatic amines is 1. The highest BCUT2D eigenvalue weighted by molar-refractivity contribution is 6.12. The van der Waals surface area contributed by atoms with Crippen LogP contribution in [0, 0.1) is 0 Å². The van der Waals surface area contributed by atoms with Crippen molar-refractivity contribution in [1.82, 2.24) is 4.98 Å². The monoisotopic (exact) mass is 304 g/mol. The van der Waals surface area contributed by atoms with Crippen LogP contribution in [0.1, 0.15) is 15.9 Å². The summed E-state index contributed by atoms with van der Waals surface area (Å²) < 4.78 is 38.8. The van der Waals surface area contributed by atoms with Crippen molar-refractivity contribution in [3.8, 4) is 0 Å². The summed E-state index contributed by atoms with van der Waals surface area (Å²) in [6.45, 7) is 0. The molecule has 6 heteroatoms. The Labute approximate surface area is 123 Å². The van der Waals surface area contributed by atoms with E-state index in [9.17, 15) is 18.0 Å². The molecule has 0 saturated carbocycles. The number of carbonyl (C=O) groups is 1.